The first kappa shape index (κ1) is 21.0. The van der Waals surface area contributed by atoms with Crippen LogP contribution in [0.15, 0.2) is 12.1 Å². The number of ether oxygens (including phenoxy) is 1. The highest BCUT2D eigenvalue weighted by molar-refractivity contribution is 7.90. The summed E-state index contributed by atoms with van der Waals surface area (Å²) in [5.41, 5.74) is 1.72. The van der Waals surface area contributed by atoms with Gasteiger partial charge in [-0.1, -0.05) is 0 Å². The van der Waals surface area contributed by atoms with Gasteiger partial charge in [0.1, 0.15) is 15.6 Å². The predicted molar refractivity (Wildman–Crippen MR) is 94.9 cm³/mol. The van der Waals surface area contributed by atoms with E-state index >= 15 is 0 Å². The van der Waals surface area contributed by atoms with E-state index in [1.165, 1.54) is 4.90 Å². The van der Waals surface area contributed by atoms with Crippen LogP contribution in [0.4, 0.5) is 0 Å². The molecule has 1 rings (SSSR count). The minimum Gasteiger partial charge on any atom is -0.481 e. The van der Waals surface area contributed by atoms with Crippen molar-refractivity contribution in [3.05, 3.63) is 28.8 Å². The van der Waals surface area contributed by atoms with Crippen LogP contribution in [0.1, 0.15) is 35.3 Å². The molecular weight excluding hydrogens is 346 g/mol. The summed E-state index contributed by atoms with van der Waals surface area (Å²) >= 11 is 0. The lowest BCUT2D eigenvalue weighted by atomic mass is 10.0. The second kappa shape index (κ2) is 8.33. The number of sulfone groups is 1. The Morgan fingerprint density at radius 3 is 2.16 bits per heavy atom. The summed E-state index contributed by atoms with van der Waals surface area (Å²) in [7, 11) is -3.20. The van der Waals surface area contributed by atoms with Gasteiger partial charge >= 0.3 is 5.97 Å². The number of hydrogen-bond acceptors (Lipinski definition) is 5. The number of aryl methyl sites for hydroxylation is 2. The van der Waals surface area contributed by atoms with Crippen molar-refractivity contribution in [2.75, 3.05) is 25.2 Å². The fourth-order valence-electron chi connectivity index (χ4n) is 2.78. The van der Waals surface area contributed by atoms with Crippen LogP contribution in [-0.4, -0.2) is 61.5 Å². The number of benzene rings is 1. The Bertz CT molecular complexity index is 733. The second-order valence-electron chi connectivity index (χ2n) is 6.15. The number of aliphatic carboxylic acids is 1. The van der Waals surface area contributed by atoms with E-state index in [1.54, 1.807) is 39.8 Å². The molecule has 1 aromatic rings. The topological polar surface area (TPSA) is 101 Å². The van der Waals surface area contributed by atoms with Crippen LogP contribution in [-0.2, 0) is 14.6 Å². The number of carboxylic acids is 1. The predicted octanol–water partition coefficient (Wildman–Crippen LogP) is 1.66. The lowest BCUT2D eigenvalue weighted by Gasteiger charge is -2.28. The third-order valence-corrected chi connectivity index (χ3v) is 4.81. The Kier molecular flexibility index (Phi) is 6.98. The molecule has 0 saturated heterocycles. The third kappa shape index (κ3) is 6.04. The Morgan fingerprint density at radius 2 is 1.76 bits per heavy atom. The van der Waals surface area contributed by atoms with Gasteiger partial charge in [0.05, 0.1) is 5.75 Å². The highest BCUT2D eigenvalue weighted by Gasteiger charge is 2.24. The van der Waals surface area contributed by atoms with Gasteiger partial charge in [0, 0.05) is 24.4 Å². The van der Waals surface area contributed by atoms with Gasteiger partial charge in [-0.05, 0) is 51.0 Å². The highest BCUT2D eigenvalue weighted by Crippen LogP contribution is 2.26. The largest absolute Gasteiger partial charge is 0.481 e. The summed E-state index contributed by atoms with van der Waals surface area (Å²) in [5, 5.41) is 8.72. The van der Waals surface area contributed by atoms with E-state index in [9.17, 15) is 18.0 Å². The molecule has 0 spiro atoms. The molecule has 140 valence electrons. The molecule has 0 aliphatic carbocycles. The van der Waals surface area contributed by atoms with Gasteiger partial charge in [-0.25, -0.2) is 13.2 Å². The zero-order chi connectivity index (χ0) is 19.4. The first-order valence-electron chi connectivity index (χ1n) is 7.90. The van der Waals surface area contributed by atoms with E-state index in [2.05, 4.69) is 0 Å². The van der Waals surface area contributed by atoms with E-state index < -0.39 is 28.5 Å². The zero-order valence-corrected chi connectivity index (χ0v) is 16.0. The third-order valence-electron chi connectivity index (χ3n) is 3.72. The molecule has 0 saturated carbocycles. The molecule has 25 heavy (non-hydrogen) atoms. The fourth-order valence-corrected chi connectivity index (χ4v) is 3.84. The van der Waals surface area contributed by atoms with E-state index in [0.717, 1.165) is 6.26 Å². The molecule has 0 radical (unpaired) electrons. The molecule has 0 aromatic heterocycles. The van der Waals surface area contributed by atoms with Crippen LogP contribution in [0.2, 0.25) is 0 Å². The summed E-state index contributed by atoms with van der Waals surface area (Å²) in [6.07, 6.45) is 1.14. The molecule has 0 aliphatic rings. The van der Waals surface area contributed by atoms with Crippen LogP contribution in [0.25, 0.3) is 0 Å². The highest BCUT2D eigenvalue weighted by atomic mass is 32.2. The fraction of sp³-hybridized carbons (Fsp3) is 0.529. The van der Waals surface area contributed by atoms with Gasteiger partial charge in [-0.2, -0.15) is 0 Å². The van der Waals surface area contributed by atoms with Crippen LogP contribution in [0.3, 0.4) is 0 Å². The van der Waals surface area contributed by atoms with Crippen molar-refractivity contribution in [3.63, 3.8) is 0 Å². The minimum atomic E-state index is -3.20. The molecule has 1 unspecified atom stereocenters. The van der Waals surface area contributed by atoms with Crippen molar-refractivity contribution in [1.29, 1.82) is 0 Å². The molecule has 1 aromatic carbocycles. The van der Waals surface area contributed by atoms with Crippen LogP contribution >= 0.6 is 0 Å². The number of carbonyl (C=O) groups excluding carboxylic acids is 1. The lowest BCUT2D eigenvalue weighted by molar-refractivity contribution is -0.139. The Hall–Kier alpha value is -2.09. The van der Waals surface area contributed by atoms with Gasteiger partial charge in [-0.3, -0.25) is 4.79 Å². The van der Waals surface area contributed by atoms with Gasteiger partial charge in [-0.15, -0.1) is 0 Å². The van der Waals surface area contributed by atoms with Gasteiger partial charge < -0.3 is 14.7 Å². The van der Waals surface area contributed by atoms with Crippen LogP contribution in [0.5, 0.6) is 5.75 Å². The van der Waals surface area contributed by atoms with Crippen molar-refractivity contribution in [2.24, 2.45) is 0 Å². The van der Waals surface area contributed by atoms with Gasteiger partial charge in [0.2, 0.25) is 0 Å². The molecule has 1 N–H and O–H groups in total. The molecule has 7 nitrogen and oxygen atoms in total. The zero-order valence-electron chi connectivity index (χ0n) is 15.2. The maximum absolute atomic E-state index is 12.8. The second-order valence-corrected chi connectivity index (χ2v) is 8.34. The molecule has 8 heteroatoms. The summed E-state index contributed by atoms with van der Waals surface area (Å²) in [6, 6.07) is 2.81. The molecule has 0 bridgehead atoms. The molecule has 0 fully saturated rings. The first-order valence-corrected chi connectivity index (χ1v) is 9.96. The van der Waals surface area contributed by atoms with Crippen molar-refractivity contribution in [2.45, 2.75) is 33.7 Å². The quantitative estimate of drug-likeness (QED) is 0.746. The molecule has 0 heterocycles. The average molecular weight is 371 g/mol. The van der Waals surface area contributed by atoms with Crippen LogP contribution < -0.4 is 4.74 Å². The SMILES string of the molecule is CCN(C(=O)c1cc(C)c(OCC(=O)O)c(C)c1)C(C)CS(C)(=O)=O. The molecule has 1 atom stereocenters. The Morgan fingerprint density at radius 1 is 1.24 bits per heavy atom. The molecule has 1 amide bonds. The van der Waals surface area contributed by atoms with E-state index in [4.69, 9.17) is 9.84 Å². The standard InChI is InChI=1S/C17H25NO6S/c1-6-18(13(4)10-25(5,22)23)17(21)14-7-11(2)16(12(3)8-14)24-9-15(19)20/h7-8,13H,6,9-10H2,1-5H3,(H,19,20). The van der Waals surface area contributed by atoms with E-state index in [-0.39, 0.29) is 11.7 Å². The van der Waals surface area contributed by atoms with Gasteiger partial charge in [0.15, 0.2) is 6.61 Å². The normalized spacial score (nSPS) is 12.5. The van der Waals surface area contributed by atoms with Crippen molar-refractivity contribution in [1.82, 2.24) is 4.90 Å². The number of nitrogens with zero attached hydrogens (tertiary/aromatic N) is 1. The minimum absolute atomic E-state index is 0.107. The van der Waals surface area contributed by atoms with Gasteiger partial charge in [0.25, 0.3) is 5.91 Å². The van der Waals surface area contributed by atoms with Crippen molar-refractivity contribution < 1.29 is 27.9 Å². The molecule has 0 aliphatic heterocycles. The Labute approximate surface area is 148 Å². The first-order chi connectivity index (χ1) is 11.5. The average Bonchev–Trinajstić information content (AvgIpc) is 2.44. The number of amides is 1. The summed E-state index contributed by atoms with van der Waals surface area (Å²) in [6.45, 7) is 6.88. The summed E-state index contributed by atoms with van der Waals surface area (Å²) < 4.78 is 28.3. The monoisotopic (exact) mass is 371 g/mol. The number of carbonyl (C=O) groups is 2. The Balaban J connectivity index is 3.09. The summed E-state index contributed by atoms with van der Waals surface area (Å²) in [5.74, 6) is -1.02. The van der Waals surface area contributed by atoms with Crippen molar-refractivity contribution >= 4 is 21.7 Å². The van der Waals surface area contributed by atoms with E-state index in [0.29, 0.717) is 29.0 Å². The number of hydrogen-bond donors (Lipinski definition) is 1. The smallest absolute Gasteiger partial charge is 0.341 e. The lowest BCUT2D eigenvalue weighted by Crippen LogP contribution is -2.42. The van der Waals surface area contributed by atoms with Crippen LogP contribution in [0, 0.1) is 13.8 Å². The molecular formula is C17H25NO6S. The van der Waals surface area contributed by atoms with E-state index in [1.807, 2.05) is 0 Å². The maximum atomic E-state index is 12.8. The number of rotatable bonds is 8. The van der Waals surface area contributed by atoms with Crippen molar-refractivity contribution in [3.8, 4) is 5.75 Å². The summed E-state index contributed by atoms with van der Waals surface area (Å²) in [4.78, 5) is 24.9. The maximum Gasteiger partial charge on any atom is 0.341 e. The number of carboxylic acid groups (broad SMARTS) is 1.